The quantitative estimate of drug-likeness (QED) is 0.319. The van der Waals surface area contributed by atoms with Crippen LogP contribution in [0.2, 0.25) is 0 Å². The van der Waals surface area contributed by atoms with Crippen molar-refractivity contribution in [2.24, 2.45) is 11.3 Å². The molecule has 0 aliphatic heterocycles. The minimum absolute atomic E-state index is 0. The van der Waals surface area contributed by atoms with E-state index in [0.29, 0.717) is 0 Å². The summed E-state index contributed by atoms with van der Waals surface area (Å²) in [6.45, 7) is 3.97. The van der Waals surface area contributed by atoms with Crippen molar-refractivity contribution < 1.29 is 110 Å². The van der Waals surface area contributed by atoms with Gasteiger partial charge in [0.2, 0.25) is 0 Å². The summed E-state index contributed by atoms with van der Waals surface area (Å²) < 4.78 is 11.2. The Labute approximate surface area is 185 Å². The molecule has 0 aromatic rings. The zero-order chi connectivity index (χ0) is 15.4. The van der Waals surface area contributed by atoms with Crippen LogP contribution in [0.15, 0.2) is 0 Å². The van der Waals surface area contributed by atoms with Crippen molar-refractivity contribution in [3.05, 3.63) is 0 Å². The maximum atomic E-state index is 11.2. The third-order valence-corrected chi connectivity index (χ3v) is 4.42. The summed E-state index contributed by atoms with van der Waals surface area (Å²) in [5, 5.41) is 21.6. The molecule has 0 N–H and O–H groups in total. The van der Waals surface area contributed by atoms with E-state index in [4.69, 9.17) is 0 Å². The molecule has 0 spiro atoms. The predicted octanol–water partition coefficient (Wildman–Crippen LogP) is -14.4. The maximum Gasteiger partial charge on any atom is 1.00 e. The molecule has 0 aromatic heterocycles. The first-order chi connectivity index (χ1) is 8.41. The van der Waals surface area contributed by atoms with Gasteiger partial charge in [0.1, 0.15) is 0 Å². The van der Waals surface area contributed by atoms with E-state index in [1.807, 2.05) is 0 Å². The molecule has 0 fully saturated rings. The zero-order valence-electron chi connectivity index (χ0n) is 15.1. The van der Waals surface area contributed by atoms with E-state index in [1.165, 1.54) is 20.8 Å². The second-order valence-corrected chi connectivity index (χ2v) is 7.04. The van der Waals surface area contributed by atoms with Crippen LogP contribution in [-0.4, -0.2) is 17.6 Å². The van der Waals surface area contributed by atoms with Gasteiger partial charge in [0.05, 0.1) is 0 Å². The van der Waals surface area contributed by atoms with Crippen molar-refractivity contribution in [3.8, 4) is 0 Å². The van der Waals surface area contributed by atoms with Gasteiger partial charge in [-0.1, -0.05) is 28.4 Å². The molecule has 0 rings (SSSR count). The Hall–Kier alpha value is 1.48. The molecule has 0 saturated heterocycles. The van der Waals surface area contributed by atoms with Crippen molar-refractivity contribution in [1.82, 2.24) is 0 Å². The molecule has 0 saturated carbocycles. The number of hydrogen-bond donors (Lipinski definition) is 0. The van der Waals surface area contributed by atoms with Gasteiger partial charge in [0, 0.05) is 17.4 Å². The molecule has 7 nitrogen and oxygen atoms in total. The first-order valence-corrected chi connectivity index (χ1v) is 7.47. The van der Waals surface area contributed by atoms with Crippen LogP contribution in [0.4, 0.5) is 0 Å². The van der Waals surface area contributed by atoms with Crippen LogP contribution in [0.3, 0.4) is 0 Å². The Morgan fingerprint density at radius 1 is 1.04 bits per heavy atom. The zero-order valence-corrected chi connectivity index (χ0v) is 16.0. The summed E-state index contributed by atoms with van der Waals surface area (Å²) in [4.78, 5) is 43.9. The molecule has 12 heteroatoms. The normalized spacial score (nSPS) is 13.1. The first-order valence-electron chi connectivity index (χ1n) is 5.85. The smallest absolute Gasteiger partial charge is 0.811 e. The minimum atomic E-state index is -5.10. The van der Waals surface area contributed by atoms with Crippen molar-refractivity contribution in [3.63, 3.8) is 0 Å². The molecule has 23 heavy (non-hydrogen) atoms. The van der Waals surface area contributed by atoms with E-state index in [0.717, 1.165) is 0 Å². The molecule has 0 amide bonds. The van der Waals surface area contributed by atoms with Gasteiger partial charge in [-0.15, -0.1) is 0 Å². The van der Waals surface area contributed by atoms with Gasteiger partial charge in [0.25, 0.3) is 0 Å². The van der Waals surface area contributed by atoms with Crippen molar-refractivity contribution in [2.45, 2.75) is 45.7 Å². The molecule has 0 radical (unpaired) electrons. The Morgan fingerprint density at radius 3 is 1.65 bits per heavy atom. The second kappa shape index (κ2) is 14.6. The SMILES string of the molecule is CCC(CC(CC(C)(C)C(=O)[O-])P(=O)([O-])[O-])C(=O)[O-].[Li+].[Li+].[Li+].[Li+]. The van der Waals surface area contributed by atoms with Gasteiger partial charge in [-0.25, -0.2) is 0 Å². The minimum Gasteiger partial charge on any atom is -0.811 e. The number of carboxylic acid groups (broad SMARTS) is 2. The van der Waals surface area contributed by atoms with E-state index < -0.39 is 49.4 Å². The number of carbonyl (C=O) groups excluding carboxylic acids is 2. The van der Waals surface area contributed by atoms with E-state index in [9.17, 15) is 34.2 Å². The number of hydrogen-bond acceptors (Lipinski definition) is 7. The van der Waals surface area contributed by atoms with Crippen LogP contribution in [-0.2, 0) is 14.2 Å². The van der Waals surface area contributed by atoms with Crippen LogP contribution in [0.5, 0.6) is 0 Å². The molecule has 0 aliphatic carbocycles. The summed E-state index contributed by atoms with van der Waals surface area (Å²) in [6.07, 6.45) is -0.826. The fourth-order valence-electron chi connectivity index (χ4n) is 1.75. The predicted molar refractivity (Wildman–Crippen MR) is 58.2 cm³/mol. The molecule has 0 bridgehead atoms. The van der Waals surface area contributed by atoms with Crippen LogP contribution < -0.4 is 95.4 Å². The number of carboxylic acids is 2. The number of carbonyl (C=O) groups is 2. The number of aliphatic carboxylic acids is 2. The van der Waals surface area contributed by atoms with E-state index in [1.54, 1.807) is 0 Å². The van der Waals surface area contributed by atoms with Gasteiger partial charge in [-0.3, -0.25) is 0 Å². The van der Waals surface area contributed by atoms with Gasteiger partial charge < -0.3 is 34.2 Å². The van der Waals surface area contributed by atoms with Gasteiger partial charge >= 0.3 is 75.4 Å². The molecule has 2 atom stereocenters. The van der Waals surface area contributed by atoms with Crippen molar-refractivity contribution in [2.75, 3.05) is 0 Å². The standard InChI is InChI=1S/C11H21O7P.4Li/c1-4-7(9(12)13)5-8(19(16,17)18)6-11(2,3)10(14)15;;;;/h7-8H,4-6H2,1-3H3,(H,12,13)(H,14,15)(H2,16,17,18);;;;/q;4*+1/p-4. The third-order valence-electron chi connectivity index (χ3n) is 3.13. The molecular formula is C11H17Li4O7P. The van der Waals surface area contributed by atoms with E-state index in [-0.39, 0.29) is 81.9 Å². The third kappa shape index (κ3) is 13.4. The average Bonchev–Trinajstić information content (AvgIpc) is 2.21. The van der Waals surface area contributed by atoms with Gasteiger partial charge in [0.15, 0.2) is 0 Å². The Kier molecular flexibility index (Phi) is 22.6. The molecule has 0 heterocycles. The molecule has 2 unspecified atom stereocenters. The van der Waals surface area contributed by atoms with Crippen molar-refractivity contribution >= 4 is 19.5 Å². The Balaban J connectivity index is -0.000000270. The van der Waals surface area contributed by atoms with Crippen LogP contribution in [0.1, 0.15) is 40.0 Å². The molecule has 0 aliphatic rings. The van der Waals surface area contributed by atoms with Gasteiger partial charge in [-0.05, 0) is 30.8 Å². The summed E-state index contributed by atoms with van der Waals surface area (Å²) >= 11 is 0. The van der Waals surface area contributed by atoms with Gasteiger partial charge in [-0.2, -0.15) is 0 Å². The fourth-order valence-corrected chi connectivity index (χ4v) is 2.95. The molecule has 0 aromatic carbocycles. The summed E-state index contributed by atoms with van der Waals surface area (Å²) in [6, 6.07) is 0. The molecular weight excluding hydrogens is 303 g/mol. The molecule has 112 valence electrons. The average molecular weight is 320 g/mol. The summed E-state index contributed by atoms with van der Waals surface area (Å²) in [7, 11) is -5.10. The van der Waals surface area contributed by atoms with E-state index >= 15 is 0 Å². The summed E-state index contributed by atoms with van der Waals surface area (Å²) in [5.41, 5.74) is -3.09. The Bertz CT molecular complexity index is 400. The topological polar surface area (TPSA) is 143 Å². The van der Waals surface area contributed by atoms with Crippen LogP contribution in [0.25, 0.3) is 0 Å². The van der Waals surface area contributed by atoms with Crippen molar-refractivity contribution in [1.29, 1.82) is 0 Å². The first kappa shape index (κ1) is 35.6. The monoisotopic (exact) mass is 320 g/mol. The maximum absolute atomic E-state index is 11.2. The van der Waals surface area contributed by atoms with E-state index in [2.05, 4.69) is 0 Å². The number of rotatable bonds is 8. The van der Waals surface area contributed by atoms with Crippen LogP contribution in [0, 0.1) is 11.3 Å². The Morgan fingerprint density at radius 2 is 1.43 bits per heavy atom. The summed E-state index contributed by atoms with van der Waals surface area (Å²) in [5.74, 6) is -4.04. The second-order valence-electron chi connectivity index (χ2n) is 5.23. The largest absolute Gasteiger partial charge is 1.00 e. The van der Waals surface area contributed by atoms with Crippen LogP contribution >= 0.6 is 7.60 Å². The fraction of sp³-hybridized carbons (Fsp3) is 0.818.